The summed E-state index contributed by atoms with van der Waals surface area (Å²) in [6.07, 6.45) is 0.940. The number of rotatable bonds is 7. The standard InChI is InChI=1S/C20H19Cl2N3S/c21-16-3-1-2-15(12-16)13-24-10-8-14-4-6-17(7-5-14)25-20(23)19-18(22)9-11-26-19/h1-7,9,11-12,24H,8,10,13H2,(H2,23,25). The van der Waals surface area contributed by atoms with Crippen LogP contribution in [-0.2, 0) is 13.0 Å². The number of anilines is 1. The Hall–Kier alpha value is -1.85. The van der Waals surface area contributed by atoms with Gasteiger partial charge in [-0.15, -0.1) is 11.3 Å². The van der Waals surface area contributed by atoms with E-state index in [9.17, 15) is 0 Å². The van der Waals surface area contributed by atoms with E-state index in [1.807, 2.05) is 35.7 Å². The van der Waals surface area contributed by atoms with Crippen molar-refractivity contribution in [2.75, 3.05) is 11.9 Å². The van der Waals surface area contributed by atoms with Crippen LogP contribution < -0.4 is 10.6 Å². The summed E-state index contributed by atoms with van der Waals surface area (Å²) in [7, 11) is 0. The quantitative estimate of drug-likeness (QED) is 0.264. The van der Waals surface area contributed by atoms with Crippen molar-refractivity contribution in [2.24, 2.45) is 0 Å². The number of hydrogen-bond donors (Lipinski definition) is 3. The molecule has 0 radical (unpaired) electrons. The van der Waals surface area contributed by atoms with Gasteiger partial charge in [-0.1, -0.05) is 47.5 Å². The third-order valence-electron chi connectivity index (χ3n) is 3.88. The molecule has 134 valence electrons. The molecule has 0 aliphatic carbocycles. The van der Waals surface area contributed by atoms with Gasteiger partial charge in [-0.2, -0.15) is 0 Å². The largest absolute Gasteiger partial charge is 0.339 e. The molecule has 0 atom stereocenters. The van der Waals surface area contributed by atoms with Gasteiger partial charge in [0.05, 0.1) is 9.90 Å². The molecule has 0 unspecified atom stereocenters. The molecule has 0 spiro atoms. The molecule has 2 aromatic carbocycles. The van der Waals surface area contributed by atoms with Crippen molar-refractivity contribution < 1.29 is 0 Å². The van der Waals surface area contributed by atoms with Crippen molar-refractivity contribution in [3.05, 3.63) is 86.0 Å². The first-order chi connectivity index (χ1) is 12.6. The van der Waals surface area contributed by atoms with Gasteiger partial charge in [0, 0.05) is 17.3 Å². The van der Waals surface area contributed by atoms with Gasteiger partial charge in [0.15, 0.2) is 0 Å². The predicted molar refractivity (Wildman–Crippen MR) is 113 cm³/mol. The summed E-state index contributed by atoms with van der Waals surface area (Å²) in [6.45, 7) is 1.69. The molecule has 3 N–H and O–H groups in total. The maximum atomic E-state index is 8.11. The van der Waals surface area contributed by atoms with Gasteiger partial charge in [-0.25, -0.2) is 0 Å². The molecule has 1 aromatic heterocycles. The highest BCUT2D eigenvalue weighted by molar-refractivity contribution is 7.13. The Kier molecular flexibility index (Phi) is 6.69. The lowest BCUT2D eigenvalue weighted by molar-refractivity contribution is 0.687. The lowest BCUT2D eigenvalue weighted by Crippen LogP contribution is -2.16. The number of benzene rings is 2. The summed E-state index contributed by atoms with van der Waals surface area (Å²) < 4.78 is 0. The van der Waals surface area contributed by atoms with Crippen molar-refractivity contribution >= 4 is 46.1 Å². The maximum Gasteiger partial charge on any atom is 0.141 e. The molecule has 0 saturated heterocycles. The molecule has 3 nitrogen and oxygen atoms in total. The summed E-state index contributed by atoms with van der Waals surface area (Å²) in [6, 6.07) is 17.8. The van der Waals surface area contributed by atoms with Crippen LogP contribution in [0.3, 0.4) is 0 Å². The van der Waals surface area contributed by atoms with Crippen molar-refractivity contribution in [1.29, 1.82) is 5.41 Å². The van der Waals surface area contributed by atoms with Crippen LogP contribution >= 0.6 is 34.5 Å². The van der Waals surface area contributed by atoms with Crippen molar-refractivity contribution in [3.63, 3.8) is 0 Å². The van der Waals surface area contributed by atoms with Crippen LogP contribution in [0.15, 0.2) is 60.0 Å². The minimum absolute atomic E-state index is 0.320. The van der Waals surface area contributed by atoms with Crippen LogP contribution in [0, 0.1) is 5.41 Å². The lowest BCUT2D eigenvalue weighted by Gasteiger charge is -2.09. The van der Waals surface area contributed by atoms with Gasteiger partial charge in [0.25, 0.3) is 0 Å². The minimum atomic E-state index is 0.320. The Balaban J connectivity index is 1.45. The van der Waals surface area contributed by atoms with Gasteiger partial charge < -0.3 is 10.6 Å². The van der Waals surface area contributed by atoms with Crippen LogP contribution in [0.4, 0.5) is 5.69 Å². The Morgan fingerprint density at radius 3 is 2.50 bits per heavy atom. The predicted octanol–water partition coefficient (Wildman–Crippen LogP) is 5.82. The molecule has 0 fully saturated rings. The van der Waals surface area contributed by atoms with Gasteiger partial charge in [0.1, 0.15) is 5.84 Å². The molecular weight excluding hydrogens is 385 g/mol. The summed E-state index contributed by atoms with van der Waals surface area (Å²) >= 11 is 13.5. The average molecular weight is 404 g/mol. The molecule has 0 bridgehead atoms. The Morgan fingerprint density at radius 2 is 1.81 bits per heavy atom. The number of amidine groups is 1. The van der Waals surface area contributed by atoms with Gasteiger partial charge in [-0.05, 0) is 59.8 Å². The molecule has 0 aliphatic heterocycles. The van der Waals surface area contributed by atoms with Crippen molar-refractivity contribution in [2.45, 2.75) is 13.0 Å². The second-order valence-corrected chi connectivity index (χ2v) is 7.61. The fraction of sp³-hybridized carbons (Fsp3) is 0.150. The number of thiophene rings is 1. The molecule has 6 heteroatoms. The molecular formula is C20H19Cl2N3S. The van der Waals surface area contributed by atoms with Crippen LogP contribution in [0.1, 0.15) is 16.0 Å². The molecule has 3 rings (SSSR count). The molecule has 26 heavy (non-hydrogen) atoms. The SMILES string of the molecule is N=C(Nc1ccc(CCNCc2cccc(Cl)c2)cc1)c1sccc1Cl. The maximum absolute atomic E-state index is 8.11. The monoisotopic (exact) mass is 403 g/mol. The first kappa shape index (κ1) is 18.9. The second-order valence-electron chi connectivity index (χ2n) is 5.85. The first-order valence-electron chi connectivity index (χ1n) is 8.25. The number of hydrogen-bond acceptors (Lipinski definition) is 3. The van der Waals surface area contributed by atoms with Crippen LogP contribution in [0.2, 0.25) is 10.0 Å². The molecule has 0 amide bonds. The fourth-order valence-corrected chi connectivity index (χ4v) is 3.81. The molecule has 0 aliphatic rings. The van der Waals surface area contributed by atoms with Crippen molar-refractivity contribution in [1.82, 2.24) is 5.32 Å². The number of halogens is 2. The molecule has 3 aromatic rings. The van der Waals surface area contributed by atoms with E-state index < -0.39 is 0 Å². The van der Waals surface area contributed by atoms with E-state index in [-0.39, 0.29) is 0 Å². The van der Waals surface area contributed by atoms with Gasteiger partial charge in [0.2, 0.25) is 0 Å². The average Bonchev–Trinajstić information content (AvgIpc) is 3.06. The Bertz CT molecular complexity index is 875. The van der Waals surface area contributed by atoms with Crippen LogP contribution in [0.5, 0.6) is 0 Å². The van der Waals surface area contributed by atoms with Crippen molar-refractivity contribution in [3.8, 4) is 0 Å². The van der Waals surface area contributed by atoms with E-state index in [2.05, 4.69) is 28.8 Å². The Labute approximate surface area is 167 Å². The van der Waals surface area contributed by atoms with E-state index in [0.29, 0.717) is 10.9 Å². The fourth-order valence-electron chi connectivity index (χ4n) is 2.54. The van der Waals surface area contributed by atoms with Crippen LogP contribution in [-0.4, -0.2) is 12.4 Å². The highest BCUT2D eigenvalue weighted by Gasteiger charge is 2.08. The highest BCUT2D eigenvalue weighted by atomic mass is 35.5. The second kappa shape index (κ2) is 9.19. The zero-order chi connectivity index (χ0) is 18.4. The van der Waals surface area contributed by atoms with Gasteiger partial charge in [-0.3, -0.25) is 5.41 Å². The molecule has 1 heterocycles. The molecule has 0 saturated carbocycles. The lowest BCUT2D eigenvalue weighted by atomic mass is 10.1. The third-order valence-corrected chi connectivity index (χ3v) is 5.47. The summed E-state index contributed by atoms with van der Waals surface area (Å²) in [4.78, 5) is 0.751. The number of nitrogens with one attached hydrogen (secondary N) is 3. The van der Waals surface area contributed by atoms with Crippen LogP contribution in [0.25, 0.3) is 0 Å². The third kappa shape index (κ3) is 5.32. The summed E-state index contributed by atoms with van der Waals surface area (Å²) in [5, 5.41) is 17.9. The minimum Gasteiger partial charge on any atom is -0.339 e. The van der Waals surface area contributed by atoms with Gasteiger partial charge >= 0.3 is 0 Å². The van der Waals surface area contributed by atoms with E-state index in [0.717, 1.165) is 35.1 Å². The zero-order valence-electron chi connectivity index (χ0n) is 14.1. The summed E-state index contributed by atoms with van der Waals surface area (Å²) in [5.41, 5.74) is 3.31. The van der Waals surface area contributed by atoms with E-state index >= 15 is 0 Å². The zero-order valence-corrected chi connectivity index (χ0v) is 16.4. The Morgan fingerprint density at radius 1 is 1.00 bits per heavy atom. The van der Waals surface area contributed by atoms with E-state index in [1.54, 1.807) is 6.07 Å². The smallest absolute Gasteiger partial charge is 0.141 e. The first-order valence-corrected chi connectivity index (χ1v) is 9.88. The highest BCUT2D eigenvalue weighted by Crippen LogP contribution is 2.23. The topological polar surface area (TPSA) is 47.9 Å². The normalized spacial score (nSPS) is 10.7. The van der Waals surface area contributed by atoms with E-state index in [4.69, 9.17) is 28.6 Å². The van der Waals surface area contributed by atoms with E-state index in [1.165, 1.54) is 22.5 Å². The summed E-state index contributed by atoms with van der Waals surface area (Å²) in [5.74, 6) is 0.320.